The topological polar surface area (TPSA) is 127 Å². The average molecular weight is 407 g/mol. The fourth-order valence-electron chi connectivity index (χ4n) is 2.64. The summed E-state index contributed by atoms with van der Waals surface area (Å²) in [5.74, 6) is -0.903. The van der Waals surface area contributed by atoms with Crippen molar-refractivity contribution in [3.63, 3.8) is 0 Å². The molecule has 1 N–H and O–H groups in total. The molecule has 0 aromatic rings. The van der Waals surface area contributed by atoms with Crippen LogP contribution in [0.4, 0.5) is 0 Å². The SMILES string of the molecule is CCCCCCCCCCCCCCCCCC(=O)[O-].[Al+3].[O-2].[O-2].[OH-].[Ti+4]. The zero-order valence-electron chi connectivity index (χ0n) is 16.0. The van der Waals surface area contributed by atoms with Gasteiger partial charge in [-0.2, -0.15) is 0 Å². The van der Waals surface area contributed by atoms with Crippen molar-refractivity contribution in [2.75, 3.05) is 0 Å². The monoisotopic (exact) mass is 407 g/mol. The first-order chi connectivity index (χ1) is 9.77. The molecule has 0 atom stereocenters. The third-order valence-corrected chi connectivity index (χ3v) is 3.98. The number of unbranched alkanes of at least 4 members (excludes halogenated alkanes) is 14. The molecule has 0 aromatic carbocycles. The van der Waals surface area contributed by atoms with Gasteiger partial charge in [-0.3, -0.25) is 0 Å². The van der Waals surface area contributed by atoms with Crippen molar-refractivity contribution in [3.05, 3.63) is 0 Å². The summed E-state index contributed by atoms with van der Waals surface area (Å²) < 4.78 is 0. The summed E-state index contributed by atoms with van der Waals surface area (Å²) in [4.78, 5) is 10.2. The van der Waals surface area contributed by atoms with Crippen molar-refractivity contribution >= 4 is 23.3 Å². The fourth-order valence-corrected chi connectivity index (χ4v) is 2.64. The van der Waals surface area contributed by atoms with Gasteiger partial charge < -0.3 is 26.3 Å². The molecule has 7 heteroatoms. The Morgan fingerprint density at radius 3 is 1.12 bits per heavy atom. The Balaban J connectivity index is -0.000000180. The van der Waals surface area contributed by atoms with Crippen LogP contribution in [-0.4, -0.2) is 28.8 Å². The summed E-state index contributed by atoms with van der Waals surface area (Å²) >= 11 is 0. The van der Waals surface area contributed by atoms with Crippen LogP contribution in [0.25, 0.3) is 0 Å². The predicted octanol–water partition coefficient (Wildman–Crippen LogP) is 4.20. The molecular formula is C18H36AlO5Ti+. The molecular weight excluding hydrogens is 371 g/mol. The summed E-state index contributed by atoms with van der Waals surface area (Å²) in [6, 6.07) is 0. The summed E-state index contributed by atoms with van der Waals surface area (Å²) in [7, 11) is 0. The third-order valence-electron chi connectivity index (χ3n) is 3.98. The van der Waals surface area contributed by atoms with Crippen LogP contribution in [0.5, 0.6) is 0 Å². The van der Waals surface area contributed by atoms with Crippen molar-refractivity contribution in [1.82, 2.24) is 0 Å². The van der Waals surface area contributed by atoms with Crippen LogP contribution in [0.3, 0.4) is 0 Å². The number of carboxylic acids is 1. The molecule has 0 amide bonds. The molecule has 0 spiro atoms. The van der Waals surface area contributed by atoms with Gasteiger partial charge in [0.25, 0.3) is 0 Å². The Hall–Kier alpha value is 0.597. The zero-order chi connectivity index (χ0) is 14.9. The molecule has 0 aromatic heterocycles. The molecule has 0 unspecified atom stereocenters. The standard InChI is InChI=1S/C18H36O2.Al.H2O.2O.Ti/c1-2-3-4-5-6-7-8-9-10-11-12-13-14-15-16-17-18(19)20;;;;;/h2-17H2,1H3,(H,19,20);;1H2;;;/q;+3;;2*-2;+4/p-2. The van der Waals surface area contributed by atoms with E-state index in [1.54, 1.807) is 0 Å². The van der Waals surface area contributed by atoms with Gasteiger partial charge in [-0.25, -0.2) is 0 Å². The first kappa shape index (κ1) is 40.3. The number of hydrogen-bond acceptors (Lipinski definition) is 3. The molecule has 5 nitrogen and oxygen atoms in total. The predicted molar refractivity (Wildman–Crippen MR) is 93.6 cm³/mol. The van der Waals surface area contributed by atoms with E-state index < -0.39 is 5.97 Å². The quantitative estimate of drug-likeness (QED) is 0.281. The van der Waals surface area contributed by atoms with E-state index in [0.717, 1.165) is 12.8 Å². The Kier molecular flexibility index (Phi) is 57.5. The molecule has 0 fully saturated rings. The van der Waals surface area contributed by atoms with Crippen LogP contribution in [0, 0.1) is 0 Å². The average Bonchev–Trinajstić information content (AvgIpc) is 2.43. The van der Waals surface area contributed by atoms with Gasteiger partial charge in [0.1, 0.15) is 0 Å². The van der Waals surface area contributed by atoms with Gasteiger partial charge in [0.15, 0.2) is 0 Å². The second-order valence-electron chi connectivity index (χ2n) is 6.07. The van der Waals surface area contributed by atoms with E-state index in [-0.39, 0.29) is 61.9 Å². The molecule has 25 heavy (non-hydrogen) atoms. The van der Waals surface area contributed by atoms with E-state index in [4.69, 9.17) is 0 Å². The van der Waals surface area contributed by atoms with Gasteiger partial charge in [-0.1, -0.05) is 96.8 Å². The van der Waals surface area contributed by atoms with Crippen molar-refractivity contribution < 1.29 is 48.0 Å². The molecule has 0 saturated heterocycles. The maximum Gasteiger partial charge on any atom is 4.00 e. The van der Waals surface area contributed by atoms with Crippen molar-refractivity contribution in [3.8, 4) is 0 Å². The van der Waals surface area contributed by atoms with Gasteiger partial charge in [0.2, 0.25) is 0 Å². The van der Waals surface area contributed by atoms with Gasteiger partial charge in [0, 0.05) is 5.97 Å². The number of aliphatic carboxylic acids is 1. The van der Waals surface area contributed by atoms with Crippen molar-refractivity contribution in [2.45, 2.75) is 110 Å². The maximum absolute atomic E-state index is 10.2. The van der Waals surface area contributed by atoms with E-state index in [0.29, 0.717) is 0 Å². The summed E-state index contributed by atoms with van der Waals surface area (Å²) in [5, 5.41) is 10.2. The second-order valence-corrected chi connectivity index (χ2v) is 6.07. The van der Waals surface area contributed by atoms with E-state index in [1.165, 1.54) is 83.5 Å². The Morgan fingerprint density at radius 1 is 0.640 bits per heavy atom. The Labute approximate surface area is 180 Å². The summed E-state index contributed by atoms with van der Waals surface area (Å²) in [6.45, 7) is 2.27. The summed E-state index contributed by atoms with van der Waals surface area (Å²) in [5.41, 5.74) is 0. The van der Waals surface area contributed by atoms with Crippen LogP contribution in [0.15, 0.2) is 0 Å². The molecule has 0 saturated carbocycles. The van der Waals surface area contributed by atoms with E-state index in [9.17, 15) is 9.90 Å². The molecule has 0 heterocycles. The minimum absolute atomic E-state index is 0. The van der Waals surface area contributed by atoms with Gasteiger partial charge >= 0.3 is 39.1 Å². The molecule has 0 aliphatic rings. The van der Waals surface area contributed by atoms with Crippen LogP contribution in [-0.2, 0) is 37.5 Å². The number of carbonyl (C=O) groups is 1. The van der Waals surface area contributed by atoms with Crippen LogP contribution in [0.1, 0.15) is 110 Å². The molecule has 0 aliphatic carbocycles. The molecule has 0 radical (unpaired) electrons. The number of carboxylic acid groups (broad SMARTS) is 1. The molecule has 0 rings (SSSR count). The summed E-state index contributed by atoms with van der Waals surface area (Å²) in [6.07, 6.45) is 19.9. The number of rotatable bonds is 16. The molecule has 0 bridgehead atoms. The third kappa shape index (κ3) is 40.6. The first-order valence-electron chi connectivity index (χ1n) is 8.97. The minimum atomic E-state index is -0.903. The molecule has 0 aliphatic heterocycles. The Bertz CT molecular complexity index is 222. The van der Waals surface area contributed by atoms with Gasteiger partial charge in [0.05, 0.1) is 0 Å². The molecule has 144 valence electrons. The van der Waals surface area contributed by atoms with Gasteiger partial charge in [-0.15, -0.1) is 0 Å². The van der Waals surface area contributed by atoms with E-state index >= 15 is 0 Å². The normalized spacial score (nSPS) is 8.68. The Morgan fingerprint density at radius 2 is 0.880 bits per heavy atom. The van der Waals surface area contributed by atoms with E-state index in [1.807, 2.05) is 0 Å². The smallest absolute Gasteiger partial charge is 2.00 e. The first-order valence-corrected chi connectivity index (χ1v) is 8.97. The fraction of sp³-hybridized carbons (Fsp3) is 0.944. The van der Waals surface area contributed by atoms with Crippen molar-refractivity contribution in [2.24, 2.45) is 0 Å². The van der Waals surface area contributed by atoms with Crippen molar-refractivity contribution in [1.29, 1.82) is 0 Å². The zero-order valence-corrected chi connectivity index (χ0v) is 18.7. The minimum Gasteiger partial charge on any atom is -2.00 e. The van der Waals surface area contributed by atoms with Gasteiger partial charge in [-0.05, 0) is 12.8 Å². The second kappa shape index (κ2) is 35.7. The van der Waals surface area contributed by atoms with E-state index in [2.05, 4.69) is 6.92 Å². The number of hydrogen-bond donors (Lipinski definition) is 0. The van der Waals surface area contributed by atoms with Crippen LogP contribution < -0.4 is 5.11 Å². The maximum atomic E-state index is 10.2. The van der Waals surface area contributed by atoms with Crippen LogP contribution in [0.2, 0.25) is 0 Å². The number of carbonyl (C=O) groups excluding carboxylic acids is 1. The van der Waals surface area contributed by atoms with Crippen LogP contribution >= 0.6 is 0 Å². The largest absolute Gasteiger partial charge is 4.00 e.